The first kappa shape index (κ1) is 19.0. The molecule has 6 nitrogen and oxygen atoms in total. The molecule has 2 heterocycles. The van der Waals surface area contributed by atoms with Crippen molar-refractivity contribution < 1.29 is 13.2 Å². The molecule has 3 atom stereocenters. The van der Waals surface area contributed by atoms with Gasteiger partial charge in [0.05, 0.1) is 12.3 Å². The predicted molar refractivity (Wildman–Crippen MR) is 92.1 cm³/mol. The summed E-state index contributed by atoms with van der Waals surface area (Å²) in [5, 5.41) is 3.53. The van der Waals surface area contributed by atoms with Gasteiger partial charge in [0.15, 0.2) is 0 Å². The minimum atomic E-state index is -3.15. The first-order chi connectivity index (χ1) is 10.4. The lowest BCUT2D eigenvalue weighted by Crippen LogP contribution is -2.46. The Kier molecular flexibility index (Phi) is 6.33. The third-order valence-electron chi connectivity index (χ3n) is 5.40. The van der Waals surface area contributed by atoms with Gasteiger partial charge in [0.2, 0.25) is 15.9 Å². The number of hydrogen-bond acceptors (Lipinski definition) is 4. The molecule has 3 aliphatic rings. The SMILES string of the molecule is CS(=O)(=O)N1CCCN(C(=O)C2CC3CCCCC3N2)CC1.Cl. The third-order valence-corrected chi connectivity index (χ3v) is 6.70. The molecule has 3 unspecified atom stereocenters. The first-order valence-electron chi connectivity index (χ1n) is 8.45. The monoisotopic (exact) mass is 365 g/mol. The average molecular weight is 366 g/mol. The van der Waals surface area contributed by atoms with Crippen LogP contribution in [-0.4, -0.2) is 68.0 Å². The van der Waals surface area contributed by atoms with Crippen molar-refractivity contribution in [2.24, 2.45) is 5.92 Å². The zero-order valence-corrected chi connectivity index (χ0v) is 15.4. The summed E-state index contributed by atoms with van der Waals surface area (Å²) in [6.07, 6.45) is 7.90. The zero-order valence-electron chi connectivity index (χ0n) is 13.7. The number of halogens is 1. The number of rotatable bonds is 2. The topological polar surface area (TPSA) is 69.7 Å². The van der Waals surface area contributed by atoms with Crippen molar-refractivity contribution in [1.82, 2.24) is 14.5 Å². The van der Waals surface area contributed by atoms with Gasteiger partial charge >= 0.3 is 0 Å². The summed E-state index contributed by atoms with van der Waals surface area (Å²) in [5.74, 6) is 0.826. The van der Waals surface area contributed by atoms with Crippen LogP contribution >= 0.6 is 12.4 Å². The number of sulfonamides is 1. The fraction of sp³-hybridized carbons (Fsp3) is 0.933. The number of carbonyl (C=O) groups is 1. The van der Waals surface area contributed by atoms with Crippen LogP contribution in [0.3, 0.4) is 0 Å². The molecule has 0 aromatic rings. The van der Waals surface area contributed by atoms with Crippen LogP contribution in [-0.2, 0) is 14.8 Å². The lowest BCUT2D eigenvalue weighted by molar-refractivity contribution is -0.133. The Bertz CT molecular complexity index is 514. The van der Waals surface area contributed by atoms with Crippen molar-refractivity contribution in [3.05, 3.63) is 0 Å². The van der Waals surface area contributed by atoms with Crippen LogP contribution in [0.5, 0.6) is 0 Å². The zero-order chi connectivity index (χ0) is 15.7. The number of nitrogens with zero attached hydrogens (tertiary/aromatic N) is 2. The molecular weight excluding hydrogens is 338 g/mol. The van der Waals surface area contributed by atoms with Gasteiger partial charge in [-0.15, -0.1) is 12.4 Å². The quantitative estimate of drug-likeness (QED) is 0.786. The summed E-state index contributed by atoms with van der Waals surface area (Å²) < 4.78 is 24.8. The van der Waals surface area contributed by atoms with Gasteiger partial charge in [-0.2, -0.15) is 0 Å². The molecule has 8 heteroatoms. The van der Waals surface area contributed by atoms with Gasteiger partial charge in [-0.1, -0.05) is 12.8 Å². The van der Waals surface area contributed by atoms with Crippen LogP contribution in [0, 0.1) is 5.92 Å². The van der Waals surface area contributed by atoms with E-state index in [1.807, 2.05) is 4.90 Å². The van der Waals surface area contributed by atoms with E-state index in [4.69, 9.17) is 0 Å². The van der Waals surface area contributed by atoms with Gasteiger partial charge in [-0.25, -0.2) is 12.7 Å². The second-order valence-electron chi connectivity index (χ2n) is 6.95. The predicted octanol–water partition coefficient (Wildman–Crippen LogP) is 0.823. The molecule has 3 fully saturated rings. The number of hydrogen-bond donors (Lipinski definition) is 1. The molecule has 0 aromatic heterocycles. The number of carbonyl (C=O) groups excluding carboxylic acids is 1. The van der Waals surface area contributed by atoms with E-state index in [9.17, 15) is 13.2 Å². The molecule has 1 N–H and O–H groups in total. The molecule has 0 bridgehead atoms. The average Bonchev–Trinajstić information content (AvgIpc) is 2.73. The van der Waals surface area contributed by atoms with Crippen molar-refractivity contribution in [3.8, 4) is 0 Å². The van der Waals surface area contributed by atoms with Crippen molar-refractivity contribution in [1.29, 1.82) is 0 Å². The Morgan fingerprint density at radius 3 is 2.48 bits per heavy atom. The van der Waals surface area contributed by atoms with Gasteiger partial charge in [0.1, 0.15) is 0 Å². The van der Waals surface area contributed by atoms with Crippen molar-refractivity contribution in [2.75, 3.05) is 32.4 Å². The van der Waals surface area contributed by atoms with Gasteiger partial charge < -0.3 is 10.2 Å². The molecule has 0 radical (unpaired) electrons. The van der Waals surface area contributed by atoms with E-state index in [1.165, 1.54) is 36.2 Å². The second-order valence-corrected chi connectivity index (χ2v) is 8.93. The van der Waals surface area contributed by atoms with Crippen LogP contribution in [0.4, 0.5) is 0 Å². The van der Waals surface area contributed by atoms with E-state index < -0.39 is 10.0 Å². The normalized spacial score (nSPS) is 32.7. The largest absolute Gasteiger partial charge is 0.340 e. The van der Waals surface area contributed by atoms with Gasteiger partial charge in [0, 0.05) is 32.2 Å². The Hall–Kier alpha value is -0.370. The minimum Gasteiger partial charge on any atom is -0.340 e. The fourth-order valence-electron chi connectivity index (χ4n) is 4.18. The smallest absolute Gasteiger partial charge is 0.239 e. The Labute approximate surface area is 145 Å². The molecule has 0 aromatic carbocycles. The molecule has 1 saturated carbocycles. The Morgan fingerprint density at radius 1 is 1.04 bits per heavy atom. The van der Waals surface area contributed by atoms with Crippen LogP contribution in [0.2, 0.25) is 0 Å². The minimum absolute atomic E-state index is 0. The van der Waals surface area contributed by atoms with Gasteiger partial charge in [-0.05, 0) is 31.6 Å². The molecule has 23 heavy (non-hydrogen) atoms. The van der Waals surface area contributed by atoms with Crippen LogP contribution < -0.4 is 5.32 Å². The van der Waals surface area contributed by atoms with Crippen molar-refractivity contribution in [3.63, 3.8) is 0 Å². The molecule has 1 amide bonds. The molecule has 0 spiro atoms. The first-order valence-corrected chi connectivity index (χ1v) is 10.3. The van der Waals surface area contributed by atoms with E-state index in [2.05, 4.69) is 5.32 Å². The van der Waals surface area contributed by atoms with E-state index in [0.717, 1.165) is 12.8 Å². The molecule has 2 saturated heterocycles. The van der Waals surface area contributed by atoms with Gasteiger partial charge in [0.25, 0.3) is 0 Å². The third kappa shape index (κ3) is 4.38. The highest BCUT2D eigenvalue weighted by Crippen LogP contribution is 2.33. The van der Waals surface area contributed by atoms with Crippen molar-refractivity contribution in [2.45, 2.75) is 50.6 Å². The van der Waals surface area contributed by atoms with Crippen molar-refractivity contribution >= 4 is 28.3 Å². The highest BCUT2D eigenvalue weighted by Gasteiger charge is 2.40. The maximum atomic E-state index is 12.7. The summed E-state index contributed by atoms with van der Waals surface area (Å²) in [6, 6.07) is 0.458. The summed E-state index contributed by atoms with van der Waals surface area (Å²) in [4.78, 5) is 14.6. The van der Waals surface area contributed by atoms with Crippen LogP contribution in [0.1, 0.15) is 38.5 Å². The molecule has 3 rings (SSSR count). The fourth-order valence-corrected chi connectivity index (χ4v) is 5.05. The molecule has 134 valence electrons. The summed E-state index contributed by atoms with van der Waals surface area (Å²) in [5.41, 5.74) is 0. The van der Waals surface area contributed by atoms with E-state index >= 15 is 0 Å². The summed E-state index contributed by atoms with van der Waals surface area (Å²) in [7, 11) is -3.15. The molecule has 2 aliphatic heterocycles. The number of fused-ring (bicyclic) bond motifs is 1. The van der Waals surface area contributed by atoms with E-state index in [1.54, 1.807) is 0 Å². The van der Waals surface area contributed by atoms with Gasteiger partial charge in [-0.3, -0.25) is 4.79 Å². The highest BCUT2D eigenvalue weighted by molar-refractivity contribution is 7.88. The Balaban J connectivity index is 0.00000192. The van der Waals surface area contributed by atoms with Crippen LogP contribution in [0.25, 0.3) is 0 Å². The summed E-state index contributed by atoms with van der Waals surface area (Å²) in [6.45, 7) is 2.12. The van der Waals surface area contributed by atoms with E-state index in [-0.39, 0.29) is 24.4 Å². The second kappa shape index (κ2) is 7.68. The van der Waals surface area contributed by atoms with Crippen LogP contribution in [0.15, 0.2) is 0 Å². The lowest BCUT2D eigenvalue weighted by atomic mass is 9.85. The standard InChI is InChI=1S/C15H27N3O3S.ClH/c1-22(20,21)18-8-4-7-17(9-10-18)15(19)14-11-12-5-2-3-6-13(12)16-14;/h12-14,16H,2-11H2,1H3;1H. The maximum absolute atomic E-state index is 12.7. The maximum Gasteiger partial charge on any atom is 0.239 e. The molecule has 1 aliphatic carbocycles. The summed E-state index contributed by atoms with van der Waals surface area (Å²) >= 11 is 0. The molecular formula is C15H28ClN3O3S. The Morgan fingerprint density at radius 2 is 1.78 bits per heavy atom. The lowest BCUT2D eigenvalue weighted by Gasteiger charge is -2.25. The number of amides is 1. The van der Waals surface area contributed by atoms with E-state index in [0.29, 0.717) is 38.1 Å². The highest BCUT2D eigenvalue weighted by atomic mass is 35.5. The number of nitrogens with one attached hydrogen (secondary N) is 1.